The molecule has 0 aliphatic heterocycles. The van der Waals surface area contributed by atoms with Crippen LogP contribution in [0.3, 0.4) is 0 Å². The largest absolute Gasteiger partial charge is 0.482 e. The molecule has 0 unspecified atom stereocenters. The molecule has 0 fully saturated rings. The Kier molecular flexibility index (Phi) is 5.69. The average Bonchev–Trinajstić information content (AvgIpc) is 2.54. The monoisotopic (exact) mass is 343 g/mol. The van der Waals surface area contributed by atoms with Gasteiger partial charge >= 0.3 is 5.97 Å². The number of ether oxygens (including phenoxy) is 1. The molecule has 0 radical (unpaired) electrons. The fraction of sp³-hybridized carbons (Fsp3) is 0.333. The van der Waals surface area contributed by atoms with E-state index in [4.69, 9.17) is 9.84 Å². The second kappa shape index (κ2) is 7.74. The predicted molar refractivity (Wildman–Crippen MR) is 93.1 cm³/mol. The summed E-state index contributed by atoms with van der Waals surface area (Å²) < 4.78 is 5.12. The van der Waals surface area contributed by atoms with Gasteiger partial charge in [-0.05, 0) is 43.5 Å². The van der Waals surface area contributed by atoms with E-state index >= 15 is 0 Å². The number of hydrogen-bond acceptors (Lipinski definition) is 5. The maximum Gasteiger partial charge on any atom is 0.341 e. The number of nitrogens with one attached hydrogen (secondary N) is 1. The van der Waals surface area contributed by atoms with Crippen LogP contribution in [0.25, 0.3) is 0 Å². The Morgan fingerprint density at radius 3 is 2.60 bits per heavy atom. The lowest BCUT2D eigenvalue weighted by molar-refractivity contribution is -0.139. The number of aromatic nitrogens is 2. The molecule has 0 aliphatic carbocycles. The lowest BCUT2D eigenvalue weighted by Crippen LogP contribution is -2.17. The first-order valence-electron chi connectivity index (χ1n) is 7.88. The molecule has 0 bridgehead atoms. The Hall–Kier alpha value is -2.96. The van der Waals surface area contributed by atoms with Crippen LogP contribution in [0.15, 0.2) is 24.4 Å². The van der Waals surface area contributed by atoms with Gasteiger partial charge in [0.25, 0.3) is 5.91 Å². The summed E-state index contributed by atoms with van der Waals surface area (Å²) in [6.07, 6.45) is 1.53. The maximum atomic E-state index is 12.6. The summed E-state index contributed by atoms with van der Waals surface area (Å²) >= 11 is 0. The minimum absolute atomic E-state index is 0.0929. The number of carbonyl (C=O) groups excluding carboxylic acids is 1. The third-order valence-electron chi connectivity index (χ3n) is 3.54. The number of aliphatic carboxylic acids is 1. The normalized spacial score (nSPS) is 10.6. The summed E-state index contributed by atoms with van der Waals surface area (Å²) in [5, 5.41) is 11.5. The van der Waals surface area contributed by atoms with Crippen molar-refractivity contribution in [3.05, 3.63) is 47.0 Å². The van der Waals surface area contributed by atoms with Gasteiger partial charge in [-0.15, -0.1) is 0 Å². The summed E-state index contributed by atoms with van der Waals surface area (Å²) in [5.41, 5.74) is 2.51. The number of carboxylic acids is 1. The molecule has 1 aromatic carbocycles. The van der Waals surface area contributed by atoms with Gasteiger partial charge in [0.15, 0.2) is 6.61 Å². The van der Waals surface area contributed by atoms with Crippen LogP contribution in [0.1, 0.15) is 47.2 Å². The SMILES string of the molecule is Cc1ncc(C(=O)Nc2ccc(OCC(=O)O)cc2C)c(C(C)C)n1. The molecular formula is C18H21N3O4. The smallest absolute Gasteiger partial charge is 0.341 e. The Bertz CT molecular complexity index is 803. The van der Waals surface area contributed by atoms with Crippen LogP contribution >= 0.6 is 0 Å². The van der Waals surface area contributed by atoms with E-state index in [1.807, 2.05) is 13.8 Å². The minimum Gasteiger partial charge on any atom is -0.482 e. The summed E-state index contributed by atoms with van der Waals surface area (Å²) in [5.74, 6) is -0.187. The predicted octanol–water partition coefficient (Wildman–Crippen LogP) is 2.93. The molecule has 1 heterocycles. The summed E-state index contributed by atoms with van der Waals surface area (Å²) in [6.45, 7) is 7.12. The topological polar surface area (TPSA) is 101 Å². The van der Waals surface area contributed by atoms with Crippen molar-refractivity contribution in [3.8, 4) is 5.75 Å². The van der Waals surface area contributed by atoms with Gasteiger partial charge in [0.05, 0.1) is 11.3 Å². The van der Waals surface area contributed by atoms with E-state index in [2.05, 4.69) is 15.3 Å². The maximum absolute atomic E-state index is 12.6. The van der Waals surface area contributed by atoms with Crippen LogP contribution in [-0.4, -0.2) is 33.6 Å². The first kappa shape index (κ1) is 18.4. The van der Waals surface area contributed by atoms with Gasteiger partial charge in [0.2, 0.25) is 0 Å². The number of rotatable bonds is 6. The van der Waals surface area contributed by atoms with Crippen molar-refractivity contribution in [2.45, 2.75) is 33.6 Å². The molecule has 7 nitrogen and oxygen atoms in total. The van der Waals surface area contributed by atoms with E-state index in [9.17, 15) is 9.59 Å². The molecule has 132 valence electrons. The molecule has 2 aromatic rings. The summed E-state index contributed by atoms with van der Waals surface area (Å²) in [4.78, 5) is 31.6. The number of anilines is 1. The van der Waals surface area contributed by atoms with Crippen LogP contribution < -0.4 is 10.1 Å². The molecule has 0 atom stereocenters. The van der Waals surface area contributed by atoms with Crippen LogP contribution in [0, 0.1) is 13.8 Å². The van der Waals surface area contributed by atoms with Crippen molar-refractivity contribution in [3.63, 3.8) is 0 Å². The van der Waals surface area contributed by atoms with E-state index in [0.717, 1.165) is 5.56 Å². The molecule has 2 N–H and O–H groups in total. The molecule has 0 aliphatic rings. The molecule has 2 rings (SSSR count). The Labute approximate surface area is 146 Å². The van der Waals surface area contributed by atoms with Crippen LogP contribution in [0.5, 0.6) is 5.75 Å². The molecule has 7 heteroatoms. The molecule has 0 spiro atoms. The lowest BCUT2D eigenvalue weighted by Gasteiger charge is -2.14. The van der Waals surface area contributed by atoms with Gasteiger partial charge < -0.3 is 15.2 Å². The van der Waals surface area contributed by atoms with Crippen molar-refractivity contribution in [2.75, 3.05) is 11.9 Å². The second-order valence-electron chi connectivity index (χ2n) is 5.98. The van der Waals surface area contributed by atoms with Gasteiger partial charge in [-0.2, -0.15) is 0 Å². The van der Waals surface area contributed by atoms with Crippen LogP contribution in [0.4, 0.5) is 5.69 Å². The average molecular weight is 343 g/mol. The third kappa shape index (κ3) is 4.76. The van der Waals surface area contributed by atoms with Crippen molar-refractivity contribution in [1.29, 1.82) is 0 Å². The van der Waals surface area contributed by atoms with Crippen molar-refractivity contribution in [2.24, 2.45) is 0 Å². The molecule has 1 aromatic heterocycles. The van der Waals surface area contributed by atoms with Crippen molar-refractivity contribution < 1.29 is 19.4 Å². The molecular weight excluding hydrogens is 322 g/mol. The highest BCUT2D eigenvalue weighted by Gasteiger charge is 2.17. The van der Waals surface area contributed by atoms with Gasteiger partial charge in [0, 0.05) is 11.9 Å². The van der Waals surface area contributed by atoms with Crippen LogP contribution in [-0.2, 0) is 4.79 Å². The standard InChI is InChI=1S/C18H21N3O4/c1-10(2)17-14(8-19-12(4)20-17)18(24)21-15-6-5-13(7-11(15)3)25-9-16(22)23/h5-8,10H,9H2,1-4H3,(H,21,24)(H,22,23). The summed E-state index contributed by atoms with van der Waals surface area (Å²) in [7, 11) is 0. The van der Waals surface area contributed by atoms with Crippen molar-refractivity contribution in [1.82, 2.24) is 9.97 Å². The number of carboxylic acid groups (broad SMARTS) is 1. The van der Waals surface area contributed by atoms with E-state index in [0.29, 0.717) is 28.5 Å². The van der Waals surface area contributed by atoms with Gasteiger partial charge in [-0.25, -0.2) is 14.8 Å². The van der Waals surface area contributed by atoms with Crippen LogP contribution in [0.2, 0.25) is 0 Å². The number of hydrogen-bond donors (Lipinski definition) is 2. The van der Waals surface area contributed by atoms with Gasteiger partial charge in [-0.3, -0.25) is 4.79 Å². The minimum atomic E-state index is -1.05. The molecule has 25 heavy (non-hydrogen) atoms. The Balaban J connectivity index is 2.20. The Morgan fingerprint density at radius 1 is 1.28 bits per heavy atom. The number of aryl methyl sites for hydroxylation is 2. The van der Waals surface area contributed by atoms with E-state index in [-0.39, 0.29) is 11.8 Å². The zero-order valence-corrected chi connectivity index (χ0v) is 14.7. The molecule has 0 saturated heterocycles. The van der Waals surface area contributed by atoms with E-state index in [1.54, 1.807) is 32.0 Å². The van der Waals surface area contributed by atoms with E-state index < -0.39 is 12.6 Å². The number of nitrogens with zero attached hydrogens (tertiary/aromatic N) is 2. The first-order valence-corrected chi connectivity index (χ1v) is 7.88. The number of carbonyl (C=O) groups is 2. The molecule has 0 saturated carbocycles. The number of benzene rings is 1. The summed E-state index contributed by atoms with van der Waals surface area (Å²) in [6, 6.07) is 4.96. The Morgan fingerprint density at radius 2 is 2.00 bits per heavy atom. The highest BCUT2D eigenvalue weighted by molar-refractivity contribution is 6.05. The second-order valence-corrected chi connectivity index (χ2v) is 5.98. The third-order valence-corrected chi connectivity index (χ3v) is 3.54. The highest BCUT2D eigenvalue weighted by Crippen LogP contribution is 2.23. The number of amides is 1. The quantitative estimate of drug-likeness (QED) is 0.836. The zero-order valence-electron chi connectivity index (χ0n) is 14.7. The first-order chi connectivity index (χ1) is 11.8. The lowest BCUT2D eigenvalue weighted by atomic mass is 10.0. The fourth-order valence-electron chi connectivity index (χ4n) is 2.30. The van der Waals surface area contributed by atoms with Gasteiger partial charge in [-0.1, -0.05) is 13.8 Å². The molecule has 1 amide bonds. The highest BCUT2D eigenvalue weighted by atomic mass is 16.5. The van der Waals surface area contributed by atoms with E-state index in [1.165, 1.54) is 6.20 Å². The van der Waals surface area contributed by atoms with Crippen molar-refractivity contribution >= 4 is 17.6 Å². The fourth-order valence-corrected chi connectivity index (χ4v) is 2.30. The van der Waals surface area contributed by atoms with Gasteiger partial charge in [0.1, 0.15) is 11.6 Å². The zero-order chi connectivity index (χ0) is 18.6.